The molecule has 1 aromatic rings. The van der Waals surface area contributed by atoms with Crippen LogP contribution in [0.4, 0.5) is 0 Å². The van der Waals surface area contributed by atoms with Crippen LogP contribution in [0, 0.1) is 12.8 Å². The Morgan fingerprint density at radius 2 is 1.85 bits per heavy atom. The van der Waals surface area contributed by atoms with E-state index in [2.05, 4.69) is 0 Å². The molecule has 1 fully saturated rings. The number of carbonyl (C=O) groups excluding carboxylic acids is 2. The molecule has 0 spiro atoms. The van der Waals surface area contributed by atoms with Gasteiger partial charge in [-0.3, -0.25) is 9.59 Å². The molecule has 0 unspecified atom stereocenters. The molecule has 1 aromatic carbocycles. The van der Waals surface area contributed by atoms with Gasteiger partial charge < -0.3 is 9.47 Å². The molecule has 0 heterocycles. The summed E-state index contributed by atoms with van der Waals surface area (Å²) in [5.41, 5.74) is 1.01. The van der Waals surface area contributed by atoms with Crippen LogP contribution in [0.15, 0.2) is 24.3 Å². The summed E-state index contributed by atoms with van der Waals surface area (Å²) in [6, 6.07) is 7.63. The van der Waals surface area contributed by atoms with Gasteiger partial charge in [0.15, 0.2) is 0 Å². The Hall–Kier alpha value is -1.84. The zero-order chi connectivity index (χ0) is 14.8. The summed E-state index contributed by atoms with van der Waals surface area (Å²) < 4.78 is 10.3. The summed E-state index contributed by atoms with van der Waals surface area (Å²) >= 11 is 0. The van der Waals surface area contributed by atoms with Crippen LogP contribution in [0.2, 0.25) is 0 Å². The van der Waals surface area contributed by atoms with Crippen LogP contribution in [0.25, 0.3) is 0 Å². The zero-order valence-corrected chi connectivity index (χ0v) is 12.1. The monoisotopic (exact) mass is 276 g/mol. The van der Waals surface area contributed by atoms with Crippen molar-refractivity contribution in [1.29, 1.82) is 0 Å². The third kappa shape index (κ3) is 2.30. The molecule has 0 radical (unpaired) electrons. The van der Waals surface area contributed by atoms with Gasteiger partial charge in [0.25, 0.3) is 0 Å². The van der Waals surface area contributed by atoms with E-state index < -0.39 is 11.3 Å². The van der Waals surface area contributed by atoms with Crippen molar-refractivity contribution in [3.63, 3.8) is 0 Å². The number of aryl methyl sites for hydroxylation is 1. The molecule has 2 atom stereocenters. The number of ether oxygens (including phenoxy) is 2. The molecule has 0 saturated heterocycles. The van der Waals surface area contributed by atoms with Gasteiger partial charge in [0.2, 0.25) is 0 Å². The Balaban J connectivity index is 2.36. The van der Waals surface area contributed by atoms with Crippen molar-refractivity contribution in [2.24, 2.45) is 5.92 Å². The first kappa shape index (κ1) is 14.6. The van der Waals surface area contributed by atoms with E-state index in [4.69, 9.17) is 9.47 Å². The predicted molar refractivity (Wildman–Crippen MR) is 74.2 cm³/mol. The van der Waals surface area contributed by atoms with Crippen LogP contribution in [-0.4, -0.2) is 25.2 Å². The highest BCUT2D eigenvalue weighted by molar-refractivity contribution is 5.96. The molecule has 1 aliphatic rings. The SMILES string of the molecule is CCOC(=O)[C@H]1C[C@@]1(C(=O)OCC)c1ccccc1C. The van der Waals surface area contributed by atoms with E-state index >= 15 is 0 Å². The van der Waals surface area contributed by atoms with Gasteiger partial charge in [-0.05, 0) is 38.3 Å². The van der Waals surface area contributed by atoms with Crippen molar-refractivity contribution in [3.05, 3.63) is 35.4 Å². The lowest BCUT2D eigenvalue weighted by Gasteiger charge is -2.18. The lowest BCUT2D eigenvalue weighted by Crippen LogP contribution is -2.29. The fourth-order valence-corrected chi connectivity index (χ4v) is 2.76. The minimum absolute atomic E-state index is 0.308. The molecule has 0 bridgehead atoms. The highest BCUT2D eigenvalue weighted by Crippen LogP contribution is 2.56. The Morgan fingerprint density at radius 1 is 1.20 bits per heavy atom. The van der Waals surface area contributed by atoms with Crippen molar-refractivity contribution in [1.82, 2.24) is 0 Å². The van der Waals surface area contributed by atoms with Crippen molar-refractivity contribution in [2.75, 3.05) is 13.2 Å². The van der Waals surface area contributed by atoms with Gasteiger partial charge in [-0.1, -0.05) is 24.3 Å². The number of benzene rings is 1. The fourth-order valence-electron chi connectivity index (χ4n) is 2.76. The minimum Gasteiger partial charge on any atom is -0.466 e. The third-order valence-corrected chi connectivity index (χ3v) is 3.80. The molecule has 0 aliphatic heterocycles. The van der Waals surface area contributed by atoms with E-state index in [9.17, 15) is 9.59 Å². The quantitative estimate of drug-likeness (QED) is 0.775. The number of carbonyl (C=O) groups is 2. The Morgan fingerprint density at radius 3 is 2.45 bits per heavy atom. The van der Waals surface area contributed by atoms with Crippen molar-refractivity contribution in [3.8, 4) is 0 Å². The van der Waals surface area contributed by atoms with Crippen molar-refractivity contribution in [2.45, 2.75) is 32.6 Å². The van der Waals surface area contributed by atoms with Crippen LogP contribution < -0.4 is 0 Å². The molecule has 2 rings (SSSR count). The second-order valence-electron chi connectivity index (χ2n) is 5.02. The number of esters is 2. The number of rotatable bonds is 5. The van der Waals surface area contributed by atoms with Gasteiger partial charge in [0.05, 0.1) is 19.1 Å². The zero-order valence-electron chi connectivity index (χ0n) is 12.1. The summed E-state index contributed by atoms with van der Waals surface area (Å²) in [5.74, 6) is -1.07. The molecule has 0 amide bonds. The first-order valence-corrected chi connectivity index (χ1v) is 6.97. The van der Waals surface area contributed by atoms with Gasteiger partial charge in [-0.15, -0.1) is 0 Å². The van der Waals surface area contributed by atoms with Crippen LogP contribution in [0.1, 0.15) is 31.4 Å². The third-order valence-electron chi connectivity index (χ3n) is 3.80. The van der Waals surface area contributed by atoms with Crippen LogP contribution in [-0.2, 0) is 24.5 Å². The first-order chi connectivity index (χ1) is 9.57. The van der Waals surface area contributed by atoms with Gasteiger partial charge in [0.1, 0.15) is 5.41 Å². The maximum Gasteiger partial charge on any atom is 0.317 e. The molecular weight excluding hydrogens is 256 g/mol. The van der Waals surface area contributed by atoms with E-state index in [-0.39, 0.29) is 11.9 Å². The Labute approximate surface area is 119 Å². The maximum absolute atomic E-state index is 12.4. The van der Waals surface area contributed by atoms with E-state index in [1.165, 1.54) is 0 Å². The van der Waals surface area contributed by atoms with Gasteiger partial charge in [-0.2, -0.15) is 0 Å². The Bertz CT molecular complexity index is 523. The molecule has 0 aromatic heterocycles. The summed E-state index contributed by atoms with van der Waals surface area (Å²) in [6.07, 6.45) is 0.468. The standard InChI is InChI=1S/C16H20O4/c1-4-19-14(17)13-10-16(13,15(18)20-5-2)12-9-7-6-8-11(12)3/h6-9,13H,4-5,10H2,1-3H3/t13-,16-/m1/s1. The first-order valence-electron chi connectivity index (χ1n) is 6.97. The largest absolute Gasteiger partial charge is 0.466 e. The predicted octanol–water partition coefficient (Wildman–Crippen LogP) is 2.38. The van der Waals surface area contributed by atoms with E-state index in [0.29, 0.717) is 19.6 Å². The highest BCUT2D eigenvalue weighted by Gasteiger charge is 2.67. The molecule has 20 heavy (non-hydrogen) atoms. The van der Waals surface area contributed by atoms with E-state index in [1.807, 2.05) is 31.2 Å². The van der Waals surface area contributed by atoms with E-state index in [1.54, 1.807) is 13.8 Å². The molecule has 4 heteroatoms. The lowest BCUT2D eigenvalue weighted by atomic mass is 9.89. The second-order valence-corrected chi connectivity index (χ2v) is 5.02. The summed E-state index contributed by atoms with van der Waals surface area (Å²) in [5, 5.41) is 0. The molecular formula is C16H20O4. The number of hydrogen-bond donors (Lipinski definition) is 0. The summed E-state index contributed by atoms with van der Waals surface area (Å²) in [7, 11) is 0. The van der Waals surface area contributed by atoms with Crippen LogP contribution in [0.5, 0.6) is 0 Å². The smallest absolute Gasteiger partial charge is 0.317 e. The van der Waals surface area contributed by atoms with Crippen LogP contribution >= 0.6 is 0 Å². The maximum atomic E-state index is 12.4. The van der Waals surface area contributed by atoms with Gasteiger partial charge in [0, 0.05) is 0 Å². The minimum atomic E-state index is -0.854. The highest BCUT2D eigenvalue weighted by atomic mass is 16.5. The average molecular weight is 276 g/mol. The summed E-state index contributed by atoms with van der Waals surface area (Å²) in [6.45, 7) is 6.10. The normalized spacial score (nSPS) is 24.1. The number of hydrogen-bond acceptors (Lipinski definition) is 4. The molecule has 4 nitrogen and oxygen atoms in total. The fraction of sp³-hybridized carbons (Fsp3) is 0.500. The second kappa shape index (κ2) is 5.65. The molecule has 1 saturated carbocycles. The lowest BCUT2D eigenvalue weighted by molar-refractivity contribution is -0.152. The summed E-state index contributed by atoms with van der Waals surface area (Å²) in [4.78, 5) is 24.4. The topological polar surface area (TPSA) is 52.6 Å². The average Bonchev–Trinajstić information content (AvgIpc) is 3.16. The molecule has 1 aliphatic carbocycles. The Kier molecular flexibility index (Phi) is 4.12. The van der Waals surface area contributed by atoms with Crippen molar-refractivity contribution >= 4 is 11.9 Å². The van der Waals surface area contributed by atoms with Crippen LogP contribution in [0.3, 0.4) is 0 Å². The molecule has 108 valence electrons. The van der Waals surface area contributed by atoms with E-state index in [0.717, 1.165) is 11.1 Å². The van der Waals surface area contributed by atoms with Gasteiger partial charge in [-0.25, -0.2) is 0 Å². The van der Waals surface area contributed by atoms with Crippen molar-refractivity contribution < 1.29 is 19.1 Å². The molecule has 0 N–H and O–H groups in total. The van der Waals surface area contributed by atoms with Gasteiger partial charge >= 0.3 is 11.9 Å².